The Kier molecular flexibility index (Phi) is 12.0. The minimum absolute atomic E-state index is 0.405. The summed E-state index contributed by atoms with van der Waals surface area (Å²) < 4.78 is 15.7. The molecule has 0 atom stereocenters. The monoisotopic (exact) mass is 374 g/mol. The van der Waals surface area contributed by atoms with Crippen LogP contribution in [0, 0.1) is 0 Å². The molecule has 0 bridgehead atoms. The van der Waals surface area contributed by atoms with Crippen molar-refractivity contribution < 1.29 is 19.0 Å². The number of methoxy groups -OCH3 is 1. The number of hydrogen-bond acceptors (Lipinski definition) is 5. The van der Waals surface area contributed by atoms with Crippen LogP contribution in [-0.2, 0) is 14.2 Å². The van der Waals surface area contributed by atoms with E-state index >= 15 is 0 Å². The Morgan fingerprint density at radius 2 is 1.69 bits per heavy atom. The second-order valence-electron chi connectivity index (χ2n) is 7.07. The zero-order valence-corrected chi connectivity index (χ0v) is 17.5. The van der Waals surface area contributed by atoms with Crippen LogP contribution >= 0.6 is 0 Å². The van der Waals surface area contributed by atoms with Crippen LogP contribution in [0.3, 0.4) is 0 Å². The van der Waals surface area contributed by atoms with Crippen molar-refractivity contribution in [2.45, 2.75) is 58.6 Å². The molecule has 0 rings (SSSR count). The molecule has 0 heterocycles. The molecule has 0 aromatic rings. The summed E-state index contributed by atoms with van der Waals surface area (Å²) in [6, 6.07) is 0. The molecule has 8 heteroatoms. The molecule has 0 radical (unpaired) electrons. The summed E-state index contributed by atoms with van der Waals surface area (Å²) in [4.78, 5) is 16.4. The maximum absolute atomic E-state index is 12.2. The molecule has 1 amide bonds. The van der Waals surface area contributed by atoms with E-state index in [9.17, 15) is 4.79 Å². The summed E-state index contributed by atoms with van der Waals surface area (Å²) in [6.45, 7) is 12.5. The van der Waals surface area contributed by atoms with Crippen LogP contribution in [0.5, 0.6) is 0 Å². The Bertz CT molecular complexity index is 418. The van der Waals surface area contributed by atoms with Crippen LogP contribution in [0.15, 0.2) is 4.99 Å². The smallest absolute Gasteiger partial charge is 0.408 e. The van der Waals surface area contributed by atoms with Crippen molar-refractivity contribution in [1.29, 1.82) is 0 Å². The SMILES string of the molecule is CCC(CC)(CNC(=NC)NCCOCCOC)NC(=O)OC(C)(C)C. The highest BCUT2D eigenvalue weighted by molar-refractivity contribution is 5.79. The second-order valence-corrected chi connectivity index (χ2v) is 7.07. The molecule has 0 unspecified atom stereocenters. The summed E-state index contributed by atoms with van der Waals surface area (Å²) in [7, 11) is 3.36. The fraction of sp³-hybridized carbons (Fsp3) is 0.889. The lowest BCUT2D eigenvalue weighted by atomic mass is 9.93. The number of ether oxygens (including phenoxy) is 3. The maximum atomic E-state index is 12.2. The Morgan fingerprint density at radius 3 is 2.19 bits per heavy atom. The highest BCUT2D eigenvalue weighted by Gasteiger charge is 2.30. The number of nitrogens with one attached hydrogen (secondary N) is 3. The van der Waals surface area contributed by atoms with Crippen LogP contribution in [0.1, 0.15) is 47.5 Å². The molecule has 0 saturated carbocycles. The van der Waals surface area contributed by atoms with Gasteiger partial charge >= 0.3 is 6.09 Å². The van der Waals surface area contributed by atoms with E-state index in [1.807, 2.05) is 34.6 Å². The largest absolute Gasteiger partial charge is 0.444 e. The van der Waals surface area contributed by atoms with E-state index in [0.717, 1.165) is 12.8 Å². The van der Waals surface area contributed by atoms with Crippen molar-refractivity contribution in [2.75, 3.05) is 47.1 Å². The summed E-state index contributed by atoms with van der Waals surface area (Å²) in [5.41, 5.74) is -0.930. The average Bonchev–Trinajstić information content (AvgIpc) is 2.57. The van der Waals surface area contributed by atoms with E-state index < -0.39 is 17.2 Å². The Hall–Kier alpha value is -1.54. The van der Waals surface area contributed by atoms with E-state index in [-0.39, 0.29) is 0 Å². The normalized spacial score (nSPS) is 12.7. The van der Waals surface area contributed by atoms with Gasteiger partial charge in [0.15, 0.2) is 5.96 Å². The Labute approximate surface area is 158 Å². The molecule has 0 aromatic heterocycles. The minimum Gasteiger partial charge on any atom is -0.444 e. The summed E-state index contributed by atoms with van der Waals surface area (Å²) in [5, 5.41) is 9.47. The highest BCUT2D eigenvalue weighted by Crippen LogP contribution is 2.16. The molecular weight excluding hydrogens is 336 g/mol. The van der Waals surface area contributed by atoms with Crippen molar-refractivity contribution in [3.05, 3.63) is 0 Å². The second kappa shape index (κ2) is 12.8. The van der Waals surface area contributed by atoms with Crippen LogP contribution in [0.2, 0.25) is 0 Å². The van der Waals surface area contributed by atoms with E-state index in [0.29, 0.717) is 38.9 Å². The standard InChI is InChI=1S/C18H38N4O4/c1-8-18(9-2,22-16(23)26-17(3,4)5)14-21-15(19-6)20-10-11-25-13-12-24-7/h8-14H2,1-7H3,(H,22,23)(H2,19,20,21). The van der Waals surface area contributed by atoms with Crippen molar-refractivity contribution in [3.8, 4) is 0 Å². The number of carbonyl (C=O) groups is 1. The van der Waals surface area contributed by atoms with Gasteiger partial charge in [0.1, 0.15) is 5.60 Å². The van der Waals surface area contributed by atoms with Gasteiger partial charge in [-0.25, -0.2) is 4.79 Å². The van der Waals surface area contributed by atoms with Gasteiger partial charge in [0.25, 0.3) is 0 Å². The topological polar surface area (TPSA) is 93.2 Å². The van der Waals surface area contributed by atoms with E-state index in [1.165, 1.54) is 0 Å². The van der Waals surface area contributed by atoms with Crippen LogP contribution < -0.4 is 16.0 Å². The van der Waals surface area contributed by atoms with Gasteiger partial charge in [-0.2, -0.15) is 0 Å². The van der Waals surface area contributed by atoms with Gasteiger partial charge in [0, 0.05) is 27.2 Å². The van der Waals surface area contributed by atoms with Gasteiger partial charge in [-0.3, -0.25) is 4.99 Å². The minimum atomic E-state index is -0.523. The molecule has 0 spiro atoms. The first-order valence-electron chi connectivity index (χ1n) is 9.24. The van der Waals surface area contributed by atoms with Crippen molar-refractivity contribution in [3.63, 3.8) is 0 Å². The van der Waals surface area contributed by atoms with E-state index in [4.69, 9.17) is 14.2 Å². The molecule has 8 nitrogen and oxygen atoms in total. The molecule has 0 aromatic carbocycles. The fourth-order valence-electron chi connectivity index (χ4n) is 2.20. The zero-order chi connectivity index (χ0) is 20.1. The number of aliphatic imine (C=N–C) groups is 1. The molecule has 0 aliphatic carbocycles. The quantitative estimate of drug-likeness (QED) is 0.291. The van der Waals surface area contributed by atoms with Crippen LogP contribution in [-0.4, -0.2) is 70.3 Å². The average molecular weight is 375 g/mol. The Balaban J connectivity index is 4.48. The predicted octanol–water partition coefficient (Wildman–Crippen LogP) is 1.90. The third-order valence-corrected chi connectivity index (χ3v) is 3.91. The first-order chi connectivity index (χ1) is 12.2. The van der Waals surface area contributed by atoms with Gasteiger partial charge in [-0.1, -0.05) is 13.8 Å². The molecule has 154 valence electrons. The van der Waals surface area contributed by atoms with Gasteiger partial charge in [0.05, 0.1) is 25.4 Å². The first kappa shape index (κ1) is 24.5. The highest BCUT2D eigenvalue weighted by atomic mass is 16.6. The van der Waals surface area contributed by atoms with Gasteiger partial charge in [-0.05, 0) is 33.6 Å². The van der Waals surface area contributed by atoms with E-state index in [1.54, 1.807) is 14.2 Å². The van der Waals surface area contributed by atoms with Gasteiger partial charge < -0.3 is 30.2 Å². The lowest BCUT2D eigenvalue weighted by molar-refractivity contribution is 0.0448. The number of guanidine groups is 1. The number of amides is 1. The van der Waals surface area contributed by atoms with Crippen LogP contribution in [0.25, 0.3) is 0 Å². The molecule has 0 fully saturated rings. The molecular formula is C18H38N4O4. The van der Waals surface area contributed by atoms with Gasteiger partial charge in [-0.15, -0.1) is 0 Å². The van der Waals surface area contributed by atoms with Crippen molar-refractivity contribution in [1.82, 2.24) is 16.0 Å². The lowest BCUT2D eigenvalue weighted by Gasteiger charge is -2.34. The van der Waals surface area contributed by atoms with Gasteiger partial charge in [0.2, 0.25) is 0 Å². The third kappa shape index (κ3) is 11.1. The molecule has 0 aliphatic heterocycles. The maximum Gasteiger partial charge on any atom is 0.408 e. The van der Waals surface area contributed by atoms with Crippen molar-refractivity contribution >= 4 is 12.1 Å². The van der Waals surface area contributed by atoms with Crippen molar-refractivity contribution in [2.24, 2.45) is 4.99 Å². The number of alkyl carbamates (subject to hydrolysis) is 1. The number of hydrogen-bond donors (Lipinski definition) is 3. The first-order valence-corrected chi connectivity index (χ1v) is 9.24. The number of carbonyl (C=O) groups excluding carboxylic acids is 1. The van der Waals surface area contributed by atoms with Crippen LogP contribution in [0.4, 0.5) is 4.79 Å². The summed E-state index contributed by atoms with van der Waals surface area (Å²) >= 11 is 0. The molecule has 0 saturated heterocycles. The predicted molar refractivity (Wildman–Crippen MR) is 105 cm³/mol. The number of nitrogens with zero attached hydrogens (tertiary/aromatic N) is 1. The molecule has 0 aliphatic rings. The van der Waals surface area contributed by atoms with E-state index in [2.05, 4.69) is 20.9 Å². The Morgan fingerprint density at radius 1 is 1.04 bits per heavy atom. The zero-order valence-electron chi connectivity index (χ0n) is 17.5. The third-order valence-electron chi connectivity index (χ3n) is 3.91. The molecule has 3 N–H and O–H groups in total. The fourth-order valence-corrected chi connectivity index (χ4v) is 2.20. The summed E-state index contributed by atoms with van der Waals surface area (Å²) in [6.07, 6.45) is 1.14. The molecule has 26 heavy (non-hydrogen) atoms. The lowest BCUT2D eigenvalue weighted by Crippen LogP contribution is -2.57. The summed E-state index contributed by atoms with van der Waals surface area (Å²) in [5.74, 6) is 0.664. The number of rotatable bonds is 11.